The minimum Gasteiger partial charge on any atom is -0.511 e. The van der Waals surface area contributed by atoms with Crippen molar-refractivity contribution in [2.24, 2.45) is 0 Å². The minimum atomic E-state index is 0. The molecule has 0 N–H and O–H groups in total. The number of pyridine rings is 4. The first kappa shape index (κ1) is 42.3. The molecule has 66 heavy (non-hydrogen) atoms. The van der Waals surface area contributed by atoms with E-state index in [1.165, 1.54) is 0 Å². The summed E-state index contributed by atoms with van der Waals surface area (Å²) in [5, 5.41) is 2.10. The molecule has 0 spiro atoms. The second kappa shape index (κ2) is 18.1. The number of aromatic nitrogens is 8. The smallest absolute Gasteiger partial charge is 0.268 e. The Morgan fingerprint density at radius 2 is 0.803 bits per heavy atom. The summed E-state index contributed by atoms with van der Waals surface area (Å²) in [7, 11) is 0. The van der Waals surface area contributed by atoms with E-state index in [9.17, 15) is 0 Å². The number of nitrogens with zero attached hydrogens (tertiary/aromatic N) is 8. The van der Waals surface area contributed by atoms with Gasteiger partial charge < -0.3 is 28.6 Å². The van der Waals surface area contributed by atoms with Crippen molar-refractivity contribution in [3.8, 4) is 57.1 Å². The average molecular weight is 1210 g/mol. The molecule has 0 aliphatic rings. The van der Waals surface area contributed by atoms with E-state index in [4.69, 9.17) is 19.4 Å². The summed E-state index contributed by atoms with van der Waals surface area (Å²) in [6.45, 7) is 0. The quantitative estimate of drug-likeness (QED) is 0.106. The van der Waals surface area contributed by atoms with Gasteiger partial charge in [0.1, 0.15) is 0 Å². The largest absolute Gasteiger partial charge is 0.511 e. The van der Waals surface area contributed by atoms with Crippen molar-refractivity contribution in [2.75, 3.05) is 0 Å². The Balaban J connectivity index is 0.00000256. The van der Waals surface area contributed by atoms with Gasteiger partial charge >= 0.3 is 0 Å². The van der Waals surface area contributed by atoms with Gasteiger partial charge in [0.2, 0.25) is 0 Å². The fourth-order valence-electron chi connectivity index (χ4n) is 7.96. The van der Waals surface area contributed by atoms with Crippen LogP contribution in [0.3, 0.4) is 0 Å². The van der Waals surface area contributed by atoms with Crippen LogP contribution in [-0.2, 0) is 42.1 Å². The Morgan fingerprint density at radius 1 is 0.379 bits per heavy atom. The van der Waals surface area contributed by atoms with Crippen molar-refractivity contribution in [3.05, 3.63) is 219 Å². The Labute approximate surface area is 407 Å². The van der Waals surface area contributed by atoms with Crippen molar-refractivity contribution in [2.45, 2.75) is 0 Å². The van der Waals surface area contributed by atoms with Crippen LogP contribution in [0.15, 0.2) is 183 Å². The molecule has 12 heteroatoms. The fourth-order valence-corrected chi connectivity index (χ4v) is 7.96. The van der Waals surface area contributed by atoms with Crippen LogP contribution in [0.25, 0.3) is 78.0 Å². The maximum absolute atomic E-state index is 6.34. The van der Waals surface area contributed by atoms with E-state index >= 15 is 0 Å². The van der Waals surface area contributed by atoms with Crippen LogP contribution in [-0.4, -0.2) is 29.1 Å². The van der Waals surface area contributed by atoms with Crippen molar-refractivity contribution in [1.29, 1.82) is 0 Å². The van der Waals surface area contributed by atoms with E-state index in [2.05, 4.69) is 108 Å². The predicted molar refractivity (Wildman–Crippen MR) is 241 cm³/mol. The van der Waals surface area contributed by atoms with Gasteiger partial charge in [0.25, 0.3) is 12.7 Å². The minimum absolute atomic E-state index is 0. The molecule has 6 heterocycles. The van der Waals surface area contributed by atoms with Crippen LogP contribution >= 0.6 is 0 Å². The van der Waals surface area contributed by atoms with Gasteiger partial charge in [-0.1, -0.05) is 84.9 Å². The molecule has 0 bridgehead atoms. The van der Waals surface area contributed by atoms with Gasteiger partial charge in [-0.3, -0.25) is 19.1 Å². The van der Waals surface area contributed by atoms with Crippen LogP contribution in [0.5, 0.6) is 23.0 Å². The van der Waals surface area contributed by atoms with E-state index in [0.717, 1.165) is 66.6 Å². The molecule has 0 aliphatic heterocycles. The number of para-hydroxylation sites is 6. The van der Waals surface area contributed by atoms with Crippen LogP contribution in [0.1, 0.15) is 0 Å². The molecule has 0 saturated carbocycles. The topological polar surface area (TPSA) is 87.6 Å². The Morgan fingerprint density at radius 3 is 1.29 bits per heavy atom. The predicted octanol–water partition coefficient (Wildman–Crippen LogP) is 10.1. The molecule has 6 aromatic heterocycles. The zero-order valence-corrected chi connectivity index (χ0v) is 38.9. The van der Waals surface area contributed by atoms with E-state index in [1.54, 1.807) is 24.5 Å². The molecule has 0 unspecified atom stereocenters. The number of hydrogen-bond donors (Lipinski definition) is 0. The number of ether oxygens (including phenoxy) is 2. The van der Waals surface area contributed by atoms with E-state index in [0.29, 0.717) is 34.4 Å². The molecule has 12 aromatic rings. The van der Waals surface area contributed by atoms with E-state index in [1.807, 2.05) is 116 Å². The molecule has 0 saturated heterocycles. The number of fused-ring (bicyclic) bond motifs is 4. The fraction of sp³-hybridized carbons (Fsp3) is 0. The average Bonchev–Trinajstić information content (AvgIpc) is 3.94. The van der Waals surface area contributed by atoms with Gasteiger partial charge in [0.05, 0.1) is 44.5 Å². The SMILES string of the molecule is [Pt].[Pt].[c-]1c(Oc2[c-]c(-c3[c-]c(Oc4[c-]c(-[n+]5[c-]n(-c6cccc7cccnc67)c6ccccc65)ccc4)ccn3)ncc2)cccc1-[n+]1[c-]n(-c2cccc3cccnc23)c2ccccc21. The molecule has 0 aliphatic carbocycles. The molecular formula is C54H30N8O2Pt2-4. The zero-order chi connectivity index (χ0) is 42.4. The third-order valence-electron chi connectivity index (χ3n) is 10.8. The van der Waals surface area contributed by atoms with Crippen molar-refractivity contribution < 1.29 is 60.7 Å². The standard InChI is InChI=1S/C54H30N8O2.2Pt/c1-3-21-49-47(19-1)59(35-61(49)51-23-5-11-37-13-9-27-57-53(37)51)39-15-7-17-41(31-39)63-43-25-29-55-45(33-43)46-34-44(26-30-56-46)64-42-18-8-16-40(32-42)60-36-62(50-22-4-2-20-48(50)60)52-24-6-12-38-14-10-28-58-54(38)52;;/h1-30H;;/q-4;;. The summed E-state index contributed by atoms with van der Waals surface area (Å²) in [5.74, 6) is 1.86. The zero-order valence-electron chi connectivity index (χ0n) is 34.3. The van der Waals surface area contributed by atoms with Gasteiger partial charge in [-0.15, -0.1) is 47.8 Å². The third kappa shape index (κ3) is 7.85. The maximum Gasteiger partial charge on any atom is 0.268 e. The normalized spacial score (nSPS) is 11.1. The molecule has 322 valence electrons. The van der Waals surface area contributed by atoms with Crippen LogP contribution < -0.4 is 18.6 Å². The molecule has 0 radical (unpaired) electrons. The van der Waals surface area contributed by atoms with Crippen LogP contribution in [0.4, 0.5) is 0 Å². The number of rotatable bonds is 9. The summed E-state index contributed by atoms with van der Waals surface area (Å²) in [6.07, 6.45) is 14.0. The Hall–Kier alpha value is -7.64. The summed E-state index contributed by atoms with van der Waals surface area (Å²) >= 11 is 0. The van der Waals surface area contributed by atoms with Crippen molar-refractivity contribution in [3.63, 3.8) is 0 Å². The number of benzene rings is 6. The molecule has 0 amide bonds. The third-order valence-corrected chi connectivity index (χ3v) is 10.8. The molecule has 0 atom stereocenters. The van der Waals surface area contributed by atoms with E-state index in [-0.39, 0.29) is 42.1 Å². The Kier molecular flexibility index (Phi) is 11.6. The van der Waals surface area contributed by atoms with Gasteiger partial charge in [0.15, 0.2) is 0 Å². The first-order chi connectivity index (χ1) is 31.7. The van der Waals surface area contributed by atoms with Crippen LogP contribution in [0.2, 0.25) is 0 Å². The van der Waals surface area contributed by atoms with Gasteiger partial charge in [-0.2, -0.15) is 36.4 Å². The summed E-state index contributed by atoms with van der Waals surface area (Å²) in [5.41, 5.74) is 9.87. The molecule has 0 fully saturated rings. The van der Waals surface area contributed by atoms with Crippen molar-refractivity contribution in [1.82, 2.24) is 29.1 Å². The molecule has 12 rings (SSSR count). The van der Waals surface area contributed by atoms with Crippen molar-refractivity contribution >= 4 is 43.9 Å². The molecule has 6 aromatic carbocycles. The first-order valence-electron chi connectivity index (χ1n) is 20.5. The summed E-state index contributed by atoms with van der Waals surface area (Å²) in [6, 6.07) is 65.0. The monoisotopic (exact) mass is 1210 g/mol. The second-order valence-corrected chi connectivity index (χ2v) is 14.8. The van der Waals surface area contributed by atoms with Crippen LogP contribution in [0, 0.1) is 36.9 Å². The maximum atomic E-state index is 6.34. The second-order valence-electron chi connectivity index (χ2n) is 14.8. The Bertz CT molecular complexity index is 3490. The molecular weight excluding hydrogens is 1180 g/mol. The van der Waals surface area contributed by atoms with Gasteiger partial charge in [0, 0.05) is 77.5 Å². The number of hydrogen-bond acceptors (Lipinski definition) is 6. The van der Waals surface area contributed by atoms with E-state index < -0.39 is 0 Å². The van der Waals surface area contributed by atoms with Gasteiger partial charge in [-0.25, -0.2) is 0 Å². The summed E-state index contributed by atoms with van der Waals surface area (Å²) < 4.78 is 20.7. The van der Waals surface area contributed by atoms with Gasteiger partial charge in [-0.05, 0) is 58.8 Å². The first-order valence-corrected chi connectivity index (χ1v) is 20.5. The number of imidazole rings is 2. The molecule has 10 nitrogen and oxygen atoms in total. The summed E-state index contributed by atoms with van der Waals surface area (Å²) in [4.78, 5) is 18.5.